The predicted octanol–water partition coefficient (Wildman–Crippen LogP) is 3.92. The van der Waals surface area contributed by atoms with Gasteiger partial charge in [-0.15, -0.1) is 0 Å². The maximum absolute atomic E-state index is 13.0. The average Bonchev–Trinajstić information content (AvgIpc) is 2.75. The summed E-state index contributed by atoms with van der Waals surface area (Å²) in [6, 6.07) is 6.39. The van der Waals surface area contributed by atoms with Gasteiger partial charge in [0.2, 0.25) is 0 Å². The van der Waals surface area contributed by atoms with E-state index in [1.165, 1.54) is 19.5 Å². The van der Waals surface area contributed by atoms with Gasteiger partial charge < -0.3 is 21.1 Å². The Bertz CT molecular complexity index is 1140. The van der Waals surface area contributed by atoms with Crippen molar-refractivity contribution in [1.29, 1.82) is 0 Å². The lowest BCUT2D eigenvalue weighted by Crippen LogP contribution is -2.25. The second-order valence-electron chi connectivity index (χ2n) is 6.30. The minimum atomic E-state index is -0.532. The van der Waals surface area contributed by atoms with E-state index in [-0.39, 0.29) is 38.4 Å². The maximum atomic E-state index is 13.0. The Morgan fingerprint density at radius 2 is 1.90 bits per heavy atom. The monoisotopic (exact) mass is 447 g/mol. The Labute approximate surface area is 182 Å². The number of carbonyl (C=O) groups excluding carboxylic acids is 2. The van der Waals surface area contributed by atoms with Crippen molar-refractivity contribution in [3.8, 4) is 5.75 Å². The van der Waals surface area contributed by atoms with Gasteiger partial charge in [-0.25, -0.2) is 9.97 Å². The molecule has 30 heavy (non-hydrogen) atoms. The number of benzene rings is 2. The molecule has 0 unspecified atom stereocenters. The summed E-state index contributed by atoms with van der Waals surface area (Å²) in [5, 5.41) is 6.00. The number of nitrogens with one attached hydrogen (secondary N) is 2. The molecule has 0 saturated carbocycles. The smallest absolute Gasteiger partial charge is 0.257 e. The third kappa shape index (κ3) is 4.10. The molecule has 1 heterocycles. The number of nitrogens with two attached hydrogens (primary N) is 1. The van der Waals surface area contributed by atoms with Crippen molar-refractivity contribution < 1.29 is 14.3 Å². The molecule has 0 aliphatic heterocycles. The first-order valence-electron chi connectivity index (χ1n) is 9.03. The van der Waals surface area contributed by atoms with Gasteiger partial charge in [-0.2, -0.15) is 0 Å². The van der Waals surface area contributed by atoms with Crippen LogP contribution in [-0.4, -0.2) is 35.4 Å². The van der Waals surface area contributed by atoms with E-state index in [1.54, 1.807) is 18.2 Å². The van der Waals surface area contributed by atoms with E-state index in [2.05, 4.69) is 20.6 Å². The number of aromatic nitrogens is 2. The van der Waals surface area contributed by atoms with Crippen molar-refractivity contribution in [2.75, 3.05) is 24.7 Å². The van der Waals surface area contributed by atoms with Crippen LogP contribution < -0.4 is 21.1 Å². The quantitative estimate of drug-likeness (QED) is 0.526. The lowest BCUT2D eigenvalue weighted by Gasteiger charge is -2.16. The van der Waals surface area contributed by atoms with Crippen LogP contribution in [0.15, 0.2) is 30.6 Å². The summed E-state index contributed by atoms with van der Waals surface area (Å²) in [5.74, 6) is -0.488. The van der Waals surface area contributed by atoms with Crippen molar-refractivity contribution >= 4 is 57.4 Å². The van der Waals surface area contributed by atoms with E-state index < -0.39 is 11.8 Å². The number of para-hydroxylation sites is 1. The SMILES string of the molecule is CCCNC(=O)c1cc(OC)c(Cl)c(NC(=O)c2cccc3c(N)ncnc23)c1Cl. The third-order valence-electron chi connectivity index (χ3n) is 4.35. The van der Waals surface area contributed by atoms with E-state index >= 15 is 0 Å². The number of nitrogens with zero attached hydrogens (tertiary/aromatic N) is 2. The highest BCUT2D eigenvalue weighted by Crippen LogP contribution is 2.41. The molecule has 0 radical (unpaired) electrons. The zero-order valence-corrected chi connectivity index (χ0v) is 17.8. The van der Waals surface area contributed by atoms with Gasteiger partial charge in [0.1, 0.15) is 22.9 Å². The Balaban J connectivity index is 2.05. The molecule has 2 amide bonds. The van der Waals surface area contributed by atoms with Gasteiger partial charge >= 0.3 is 0 Å². The van der Waals surface area contributed by atoms with Gasteiger partial charge in [-0.05, 0) is 24.6 Å². The first-order valence-corrected chi connectivity index (χ1v) is 9.79. The molecular formula is C20H19Cl2N5O3. The zero-order chi connectivity index (χ0) is 21.8. The van der Waals surface area contributed by atoms with Crippen LogP contribution in [0.1, 0.15) is 34.1 Å². The fraction of sp³-hybridized carbons (Fsp3) is 0.200. The molecule has 0 atom stereocenters. The highest BCUT2D eigenvalue weighted by atomic mass is 35.5. The van der Waals surface area contributed by atoms with Gasteiger partial charge in [-0.1, -0.05) is 36.2 Å². The number of hydrogen-bond acceptors (Lipinski definition) is 6. The second-order valence-corrected chi connectivity index (χ2v) is 7.06. The molecule has 156 valence electrons. The van der Waals surface area contributed by atoms with E-state index in [9.17, 15) is 9.59 Å². The Kier molecular flexibility index (Phi) is 6.59. The molecule has 3 aromatic rings. The first kappa shape index (κ1) is 21.6. The van der Waals surface area contributed by atoms with Gasteiger partial charge in [0, 0.05) is 11.9 Å². The zero-order valence-electron chi connectivity index (χ0n) is 16.3. The van der Waals surface area contributed by atoms with E-state index in [0.717, 1.165) is 6.42 Å². The number of halogens is 2. The third-order valence-corrected chi connectivity index (χ3v) is 5.11. The molecule has 0 fully saturated rings. The summed E-state index contributed by atoms with van der Waals surface area (Å²) in [5.41, 5.74) is 6.68. The van der Waals surface area contributed by atoms with Gasteiger partial charge in [-0.3, -0.25) is 9.59 Å². The van der Waals surface area contributed by atoms with Crippen LogP contribution >= 0.6 is 23.2 Å². The van der Waals surface area contributed by atoms with Crippen LogP contribution in [0.2, 0.25) is 10.0 Å². The summed E-state index contributed by atoms with van der Waals surface area (Å²) in [6.07, 6.45) is 2.03. The molecule has 0 saturated heterocycles. The van der Waals surface area contributed by atoms with Crippen LogP contribution in [0.3, 0.4) is 0 Å². The van der Waals surface area contributed by atoms with Crippen LogP contribution in [-0.2, 0) is 0 Å². The van der Waals surface area contributed by atoms with E-state index in [4.69, 9.17) is 33.7 Å². The van der Waals surface area contributed by atoms with E-state index in [1.807, 2.05) is 6.92 Å². The number of ether oxygens (including phenoxy) is 1. The lowest BCUT2D eigenvalue weighted by atomic mass is 10.1. The topological polar surface area (TPSA) is 119 Å². The number of carbonyl (C=O) groups is 2. The molecule has 1 aromatic heterocycles. The number of amides is 2. The summed E-state index contributed by atoms with van der Waals surface area (Å²) in [4.78, 5) is 33.6. The number of nitrogen functional groups attached to an aromatic ring is 1. The van der Waals surface area contributed by atoms with Crippen LogP contribution in [0, 0.1) is 0 Å². The predicted molar refractivity (Wildman–Crippen MR) is 118 cm³/mol. The molecule has 0 spiro atoms. The minimum absolute atomic E-state index is 0.00266. The summed E-state index contributed by atoms with van der Waals surface area (Å²) in [6.45, 7) is 2.40. The maximum Gasteiger partial charge on any atom is 0.257 e. The van der Waals surface area contributed by atoms with E-state index in [0.29, 0.717) is 17.4 Å². The average molecular weight is 448 g/mol. The second kappa shape index (κ2) is 9.15. The Morgan fingerprint density at radius 1 is 1.13 bits per heavy atom. The molecule has 0 bridgehead atoms. The fourth-order valence-electron chi connectivity index (χ4n) is 2.84. The van der Waals surface area contributed by atoms with Gasteiger partial charge in [0.15, 0.2) is 0 Å². The Morgan fingerprint density at radius 3 is 2.60 bits per heavy atom. The van der Waals surface area contributed by atoms with Crippen LogP contribution in [0.4, 0.5) is 11.5 Å². The highest BCUT2D eigenvalue weighted by Gasteiger charge is 2.23. The van der Waals surface area contributed by atoms with Crippen molar-refractivity contribution in [2.24, 2.45) is 0 Å². The fourth-order valence-corrected chi connectivity index (χ4v) is 3.44. The van der Waals surface area contributed by atoms with Crippen molar-refractivity contribution in [1.82, 2.24) is 15.3 Å². The van der Waals surface area contributed by atoms with Gasteiger partial charge in [0.05, 0.1) is 34.5 Å². The van der Waals surface area contributed by atoms with Crippen molar-refractivity contribution in [2.45, 2.75) is 13.3 Å². The van der Waals surface area contributed by atoms with Crippen molar-refractivity contribution in [3.05, 3.63) is 51.8 Å². The molecule has 8 nitrogen and oxygen atoms in total. The standard InChI is InChI=1S/C20H19Cl2N5O3/c1-3-7-24-19(28)12-8-13(30-2)15(22)17(14(12)21)27-20(29)11-6-4-5-10-16(11)25-9-26-18(10)23/h4-6,8-9H,3,7H2,1-2H3,(H,24,28)(H,27,29)(H2,23,25,26). The normalized spacial score (nSPS) is 10.7. The molecule has 3 rings (SSSR count). The lowest BCUT2D eigenvalue weighted by molar-refractivity contribution is 0.0952. The number of methoxy groups -OCH3 is 1. The number of fused-ring (bicyclic) bond motifs is 1. The molecule has 2 aromatic carbocycles. The minimum Gasteiger partial charge on any atom is -0.495 e. The van der Waals surface area contributed by atoms with Crippen LogP contribution in [0.5, 0.6) is 5.75 Å². The summed E-state index contributed by atoms with van der Waals surface area (Å²) in [7, 11) is 1.40. The van der Waals surface area contributed by atoms with Crippen LogP contribution in [0.25, 0.3) is 10.9 Å². The highest BCUT2D eigenvalue weighted by molar-refractivity contribution is 6.43. The molecule has 0 aliphatic carbocycles. The molecule has 4 N–H and O–H groups in total. The summed E-state index contributed by atoms with van der Waals surface area (Å²) >= 11 is 12.8. The summed E-state index contributed by atoms with van der Waals surface area (Å²) < 4.78 is 5.25. The first-order chi connectivity index (χ1) is 14.4. The molecule has 0 aliphatic rings. The number of anilines is 2. The Hall–Kier alpha value is -3.10. The number of hydrogen-bond donors (Lipinski definition) is 3. The van der Waals surface area contributed by atoms with Crippen molar-refractivity contribution in [3.63, 3.8) is 0 Å². The molecule has 10 heteroatoms. The number of rotatable bonds is 6. The largest absolute Gasteiger partial charge is 0.495 e. The van der Waals surface area contributed by atoms with Gasteiger partial charge in [0.25, 0.3) is 11.8 Å². The molecular weight excluding hydrogens is 429 g/mol.